The van der Waals surface area contributed by atoms with Crippen LogP contribution in [0.1, 0.15) is 26.7 Å². The number of nitrogens with zero attached hydrogens (tertiary/aromatic N) is 1. The SMILES string of the molecule is COC(=O)C(SC)c1ccc(N2Cc3ccccc3C2=O)cc1. The normalized spacial score (nSPS) is 14.5. The fourth-order valence-corrected chi connectivity index (χ4v) is 3.49. The van der Waals surface area contributed by atoms with Crippen LogP contribution < -0.4 is 4.90 Å². The Morgan fingerprint density at radius 3 is 2.48 bits per heavy atom. The van der Waals surface area contributed by atoms with Gasteiger partial charge in [0.2, 0.25) is 0 Å². The molecule has 1 atom stereocenters. The van der Waals surface area contributed by atoms with E-state index >= 15 is 0 Å². The van der Waals surface area contributed by atoms with Crippen LogP contribution in [-0.4, -0.2) is 25.2 Å². The van der Waals surface area contributed by atoms with Gasteiger partial charge in [-0.2, -0.15) is 0 Å². The van der Waals surface area contributed by atoms with Crippen molar-refractivity contribution in [3.05, 3.63) is 65.2 Å². The molecule has 2 aromatic rings. The quantitative estimate of drug-likeness (QED) is 0.807. The van der Waals surface area contributed by atoms with Gasteiger partial charge in [0.05, 0.1) is 13.7 Å². The molecule has 4 nitrogen and oxygen atoms in total. The zero-order valence-corrected chi connectivity index (χ0v) is 13.8. The van der Waals surface area contributed by atoms with Crippen molar-refractivity contribution in [1.29, 1.82) is 0 Å². The molecule has 0 saturated carbocycles. The Kier molecular flexibility index (Phi) is 4.39. The summed E-state index contributed by atoms with van der Waals surface area (Å²) >= 11 is 1.43. The van der Waals surface area contributed by atoms with Gasteiger partial charge in [0.15, 0.2) is 0 Å². The number of anilines is 1. The number of ether oxygens (including phenoxy) is 1. The number of fused-ring (bicyclic) bond motifs is 1. The smallest absolute Gasteiger partial charge is 0.323 e. The van der Waals surface area contributed by atoms with Crippen molar-refractivity contribution in [3.63, 3.8) is 0 Å². The Bertz CT molecular complexity index is 742. The van der Waals surface area contributed by atoms with Gasteiger partial charge >= 0.3 is 5.97 Å². The minimum absolute atomic E-state index is 0.0164. The van der Waals surface area contributed by atoms with Gasteiger partial charge in [0.25, 0.3) is 5.91 Å². The number of hydrogen-bond donors (Lipinski definition) is 0. The Morgan fingerprint density at radius 2 is 1.87 bits per heavy atom. The van der Waals surface area contributed by atoms with Gasteiger partial charge in [-0.15, -0.1) is 11.8 Å². The highest BCUT2D eigenvalue weighted by Crippen LogP contribution is 2.32. The second-order valence-corrected chi connectivity index (χ2v) is 6.22. The van der Waals surface area contributed by atoms with Crippen LogP contribution in [0.2, 0.25) is 0 Å². The minimum atomic E-state index is -0.347. The third kappa shape index (κ3) is 2.84. The monoisotopic (exact) mass is 327 g/mol. The average Bonchev–Trinajstić information content (AvgIpc) is 2.93. The molecule has 0 aromatic heterocycles. The number of benzene rings is 2. The lowest BCUT2D eigenvalue weighted by Gasteiger charge is -2.18. The topological polar surface area (TPSA) is 46.6 Å². The van der Waals surface area contributed by atoms with E-state index in [0.717, 1.165) is 22.4 Å². The molecule has 1 heterocycles. The molecule has 0 bridgehead atoms. The van der Waals surface area contributed by atoms with Crippen LogP contribution in [0.25, 0.3) is 0 Å². The Labute approximate surface area is 139 Å². The Morgan fingerprint density at radius 1 is 1.17 bits per heavy atom. The maximum atomic E-state index is 12.5. The second-order valence-electron chi connectivity index (χ2n) is 5.28. The van der Waals surface area contributed by atoms with Gasteiger partial charge in [-0.05, 0) is 35.6 Å². The van der Waals surface area contributed by atoms with Gasteiger partial charge in [-0.1, -0.05) is 30.3 Å². The van der Waals surface area contributed by atoms with Crippen LogP contribution >= 0.6 is 11.8 Å². The van der Waals surface area contributed by atoms with Crippen LogP contribution in [0.15, 0.2) is 48.5 Å². The number of methoxy groups -OCH3 is 1. The summed E-state index contributed by atoms with van der Waals surface area (Å²) in [6.45, 7) is 0.581. The molecule has 2 aromatic carbocycles. The van der Waals surface area contributed by atoms with Crippen molar-refractivity contribution in [2.75, 3.05) is 18.3 Å². The molecule has 0 radical (unpaired) electrons. The minimum Gasteiger partial charge on any atom is -0.468 e. The number of carbonyl (C=O) groups is 2. The van der Waals surface area contributed by atoms with E-state index in [1.165, 1.54) is 18.9 Å². The number of hydrogen-bond acceptors (Lipinski definition) is 4. The maximum Gasteiger partial charge on any atom is 0.323 e. The van der Waals surface area contributed by atoms with Crippen molar-refractivity contribution < 1.29 is 14.3 Å². The summed E-state index contributed by atoms with van der Waals surface area (Å²) in [6.07, 6.45) is 1.87. The van der Waals surface area contributed by atoms with E-state index in [1.807, 2.05) is 54.8 Å². The molecule has 0 saturated heterocycles. The predicted molar refractivity (Wildman–Crippen MR) is 91.7 cm³/mol. The van der Waals surface area contributed by atoms with E-state index < -0.39 is 0 Å². The first-order valence-electron chi connectivity index (χ1n) is 7.26. The van der Waals surface area contributed by atoms with Gasteiger partial charge in [0.1, 0.15) is 5.25 Å². The third-order valence-corrected chi connectivity index (χ3v) is 4.92. The summed E-state index contributed by atoms with van der Waals surface area (Å²) in [6, 6.07) is 15.2. The van der Waals surface area contributed by atoms with Crippen molar-refractivity contribution in [1.82, 2.24) is 0 Å². The van der Waals surface area contributed by atoms with Gasteiger partial charge in [-0.25, -0.2) is 0 Å². The van der Waals surface area contributed by atoms with Crippen molar-refractivity contribution in [2.45, 2.75) is 11.8 Å². The molecule has 1 aliphatic heterocycles. The van der Waals surface area contributed by atoms with E-state index in [1.54, 1.807) is 4.90 Å². The fourth-order valence-electron chi connectivity index (χ4n) is 2.77. The summed E-state index contributed by atoms with van der Waals surface area (Å²) in [5.41, 5.74) is 3.50. The van der Waals surface area contributed by atoms with Crippen molar-refractivity contribution in [3.8, 4) is 0 Å². The van der Waals surface area contributed by atoms with E-state index in [0.29, 0.717) is 6.54 Å². The highest BCUT2D eigenvalue weighted by Gasteiger charge is 2.28. The number of thioether (sulfide) groups is 1. The van der Waals surface area contributed by atoms with Crippen LogP contribution in [-0.2, 0) is 16.1 Å². The second kappa shape index (κ2) is 6.46. The molecule has 23 heavy (non-hydrogen) atoms. The first kappa shape index (κ1) is 15.6. The lowest BCUT2D eigenvalue weighted by molar-refractivity contribution is -0.140. The van der Waals surface area contributed by atoms with Crippen molar-refractivity contribution in [2.24, 2.45) is 0 Å². The van der Waals surface area contributed by atoms with Crippen LogP contribution in [0.3, 0.4) is 0 Å². The van der Waals surface area contributed by atoms with E-state index in [2.05, 4.69) is 0 Å². The third-order valence-electron chi connectivity index (χ3n) is 3.98. The predicted octanol–water partition coefficient (Wildman–Crippen LogP) is 3.42. The highest BCUT2D eigenvalue weighted by atomic mass is 32.2. The first-order chi connectivity index (χ1) is 11.2. The Balaban J connectivity index is 1.84. The van der Waals surface area contributed by atoms with Crippen LogP contribution in [0.4, 0.5) is 5.69 Å². The summed E-state index contributed by atoms with van der Waals surface area (Å²) in [5.74, 6) is -0.252. The lowest BCUT2D eigenvalue weighted by Crippen LogP contribution is -2.23. The summed E-state index contributed by atoms with van der Waals surface area (Å²) < 4.78 is 4.82. The highest BCUT2D eigenvalue weighted by molar-refractivity contribution is 7.99. The zero-order chi connectivity index (χ0) is 16.4. The first-order valence-corrected chi connectivity index (χ1v) is 8.55. The summed E-state index contributed by atoms with van der Waals surface area (Å²) in [5, 5.41) is -0.347. The lowest BCUT2D eigenvalue weighted by atomic mass is 10.1. The van der Waals surface area contributed by atoms with Crippen molar-refractivity contribution >= 4 is 29.3 Å². The maximum absolute atomic E-state index is 12.5. The summed E-state index contributed by atoms with van der Waals surface area (Å²) in [4.78, 5) is 26.0. The molecule has 0 aliphatic carbocycles. The van der Waals surface area contributed by atoms with E-state index in [4.69, 9.17) is 4.74 Å². The number of carbonyl (C=O) groups excluding carboxylic acids is 2. The van der Waals surface area contributed by atoms with Gasteiger partial charge in [0, 0.05) is 11.3 Å². The number of esters is 1. The standard InChI is InChI=1S/C18H17NO3S/c1-22-18(21)16(23-2)12-7-9-14(10-8-12)19-11-13-5-3-4-6-15(13)17(19)20/h3-10,16H,11H2,1-2H3. The van der Waals surface area contributed by atoms with Gasteiger partial charge < -0.3 is 9.64 Å². The average molecular weight is 327 g/mol. The molecule has 0 N–H and O–H groups in total. The summed E-state index contributed by atoms with van der Waals surface area (Å²) in [7, 11) is 1.39. The molecular weight excluding hydrogens is 310 g/mol. The van der Waals surface area contributed by atoms with E-state index in [9.17, 15) is 9.59 Å². The van der Waals surface area contributed by atoms with Crippen LogP contribution in [0, 0.1) is 0 Å². The largest absolute Gasteiger partial charge is 0.468 e. The number of amides is 1. The van der Waals surface area contributed by atoms with Gasteiger partial charge in [-0.3, -0.25) is 9.59 Å². The molecular formula is C18H17NO3S. The fraction of sp³-hybridized carbons (Fsp3) is 0.222. The molecule has 3 rings (SSSR count). The molecule has 118 valence electrons. The molecule has 0 spiro atoms. The molecule has 1 amide bonds. The number of rotatable bonds is 4. The molecule has 5 heteroatoms. The molecule has 1 unspecified atom stereocenters. The zero-order valence-electron chi connectivity index (χ0n) is 13.0. The van der Waals surface area contributed by atoms with E-state index in [-0.39, 0.29) is 17.1 Å². The van der Waals surface area contributed by atoms with Crippen LogP contribution in [0.5, 0.6) is 0 Å². The Hall–Kier alpha value is -2.27. The molecule has 0 fully saturated rings. The molecule has 1 aliphatic rings.